The molecule has 1 unspecified atom stereocenters. The van der Waals surface area contributed by atoms with Crippen LogP contribution in [0.2, 0.25) is 0 Å². The van der Waals surface area contributed by atoms with Gasteiger partial charge in [0.05, 0.1) is 33.0 Å². The van der Waals surface area contributed by atoms with Crippen molar-refractivity contribution >= 4 is 0 Å². The Morgan fingerprint density at radius 2 is 1.79 bits per heavy atom. The monoisotopic (exact) mass is 208 g/mol. The minimum absolute atomic E-state index is 0.0637. The molecule has 0 bridgehead atoms. The van der Waals surface area contributed by atoms with Crippen LogP contribution in [0.15, 0.2) is 0 Å². The lowest BCUT2D eigenvalue weighted by Crippen LogP contribution is -2.20. The van der Waals surface area contributed by atoms with Crippen molar-refractivity contribution in [1.29, 1.82) is 0 Å². The highest BCUT2D eigenvalue weighted by molar-refractivity contribution is 4.52. The molecule has 0 aromatic rings. The maximum atomic E-state index is 8.72. The van der Waals surface area contributed by atoms with Crippen molar-refractivity contribution in [3.8, 4) is 0 Å². The van der Waals surface area contributed by atoms with Crippen LogP contribution in [0, 0.1) is 5.92 Å². The first-order valence-electron chi connectivity index (χ1n) is 4.68. The van der Waals surface area contributed by atoms with Gasteiger partial charge in [0.2, 0.25) is 0 Å². The van der Waals surface area contributed by atoms with E-state index in [1.54, 1.807) is 14.0 Å². The summed E-state index contributed by atoms with van der Waals surface area (Å²) in [6.45, 7) is 2.89. The van der Waals surface area contributed by atoms with Crippen molar-refractivity contribution in [1.82, 2.24) is 0 Å². The van der Waals surface area contributed by atoms with Gasteiger partial charge in [0, 0.05) is 13.0 Å². The Morgan fingerprint density at radius 3 is 2.29 bits per heavy atom. The third-order valence-electron chi connectivity index (χ3n) is 1.78. The lowest BCUT2D eigenvalue weighted by atomic mass is 10.2. The molecule has 0 rings (SSSR count). The molecule has 0 aliphatic carbocycles. The zero-order chi connectivity index (χ0) is 10.8. The van der Waals surface area contributed by atoms with Crippen molar-refractivity contribution in [2.75, 3.05) is 40.1 Å². The molecule has 0 amide bonds. The van der Waals surface area contributed by atoms with Crippen LogP contribution in [0.5, 0.6) is 0 Å². The van der Waals surface area contributed by atoms with Gasteiger partial charge in [0.25, 0.3) is 0 Å². The number of aliphatic hydroxyl groups excluding tert-OH is 2. The topological polar surface area (TPSA) is 68.2 Å². The molecule has 0 saturated carbocycles. The molecule has 0 aromatic heterocycles. The highest BCUT2D eigenvalue weighted by atomic mass is 16.7. The van der Waals surface area contributed by atoms with Gasteiger partial charge in [0.15, 0.2) is 6.29 Å². The number of hydrogen-bond donors (Lipinski definition) is 2. The van der Waals surface area contributed by atoms with E-state index < -0.39 is 0 Å². The fourth-order valence-electron chi connectivity index (χ4n) is 0.754. The average molecular weight is 208 g/mol. The molecule has 14 heavy (non-hydrogen) atoms. The number of rotatable bonds is 9. The molecule has 2 N–H and O–H groups in total. The Kier molecular flexibility index (Phi) is 9.23. The fraction of sp³-hybridized carbons (Fsp3) is 1.00. The fourth-order valence-corrected chi connectivity index (χ4v) is 0.754. The Bertz CT molecular complexity index is 116. The van der Waals surface area contributed by atoms with Gasteiger partial charge >= 0.3 is 0 Å². The van der Waals surface area contributed by atoms with Gasteiger partial charge in [-0.3, -0.25) is 0 Å². The van der Waals surface area contributed by atoms with Crippen LogP contribution < -0.4 is 0 Å². The van der Waals surface area contributed by atoms with Crippen LogP contribution >= 0.6 is 0 Å². The average Bonchev–Trinajstić information content (AvgIpc) is 2.23. The normalized spacial score (nSPS) is 13.5. The maximum Gasteiger partial charge on any atom is 0.154 e. The van der Waals surface area contributed by atoms with E-state index in [0.29, 0.717) is 19.8 Å². The lowest BCUT2D eigenvalue weighted by Gasteiger charge is -2.13. The molecule has 0 saturated heterocycles. The summed E-state index contributed by atoms with van der Waals surface area (Å²) in [6, 6.07) is 0. The van der Waals surface area contributed by atoms with Crippen molar-refractivity contribution in [3.05, 3.63) is 0 Å². The van der Waals surface area contributed by atoms with Crippen LogP contribution in [0.25, 0.3) is 0 Å². The summed E-state index contributed by atoms with van der Waals surface area (Å²) in [5, 5.41) is 17.4. The summed E-state index contributed by atoms with van der Waals surface area (Å²) in [5.74, 6) is -0.199. The number of ether oxygens (including phenoxy) is 3. The molecule has 0 aliphatic rings. The van der Waals surface area contributed by atoms with Crippen LogP contribution in [0.1, 0.15) is 6.92 Å². The Morgan fingerprint density at radius 1 is 1.14 bits per heavy atom. The van der Waals surface area contributed by atoms with E-state index in [1.807, 2.05) is 0 Å². The van der Waals surface area contributed by atoms with Gasteiger partial charge < -0.3 is 24.4 Å². The zero-order valence-corrected chi connectivity index (χ0v) is 8.81. The maximum absolute atomic E-state index is 8.72. The molecular weight excluding hydrogens is 188 g/mol. The summed E-state index contributed by atoms with van der Waals surface area (Å²) in [6.07, 6.45) is -0.231. The molecule has 0 heterocycles. The molecule has 0 aliphatic heterocycles. The number of hydrogen-bond acceptors (Lipinski definition) is 5. The van der Waals surface area contributed by atoms with Crippen LogP contribution in [0.4, 0.5) is 0 Å². The highest BCUT2D eigenvalue weighted by Crippen LogP contribution is 1.95. The van der Waals surface area contributed by atoms with Gasteiger partial charge in [0.1, 0.15) is 0 Å². The lowest BCUT2D eigenvalue weighted by molar-refractivity contribution is -0.123. The molecule has 86 valence electrons. The second-order valence-corrected chi connectivity index (χ2v) is 2.98. The largest absolute Gasteiger partial charge is 0.396 e. The summed E-state index contributed by atoms with van der Waals surface area (Å²) in [5.41, 5.74) is 0. The Hall–Kier alpha value is -0.200. The predicted octanol–water partition coefficient (Wildman–Crippen LogP) is -0.387. The smallest absolute Gasteiger partial charge is 0.154 e. The third-order valence-corrected chi connectivity index (χ3v) is 1.78. The Labute approximate surface area is 84.6 Å². The first-order valence-corrected chi connectivity index (χ1v) is 4.68. The van der Waals surface area contributed by atoms with Gasteiger partial charge in [-0.15, -0.1) is 0 Å². The predicted molar refractivity (Wildman–Crippen MR) is 50.9 cm³/mol. The molecule has 5 heteroatoms. The van der Waals surface area contributed by atoms with Crippen molar-refractivity contribution < 1.29 is 24.4 Å². The van der Waals surface area contributed by atoms with Crippen LogP contribution in [-0.4, -0.2) is 56.6 Å². The first kappa shape index (κ1) is 13.8. The second-order valence-electron chi connectivity index (χ2n) is 2.98. The zero-order valence-electron chi connectivity index (χ0n) is 8.81. The molecule has 0 aromatic carbocycles. The third kappa shape index (κ3) is 7.23. The van der Waals surface area contributed by atoms with Gasteiger partial charge in [-0.1, -0.05) is 0 Å². The molecule has 0 fully saturated rings. The molecule has 5 nitrogen and oxygen atoms in total. The van der Waals surface area contributed by atoms with E-state index in [4.69, 9.17) is 24.4 Å². The van der Waals surface area contributed by atoms with E-state index in [2.05, 4.69) is 0 Å². The first-order chi connectivity index (χ1) is 6.74. The number of methoxy groups -OCH3 is 1. The van der Waals surface area contributed by atoms with Gasteiger partial charge in [-0.25, -0.2) is 0 Å². The van der Waals surface area contributed by atoms with Crippen LogP contribution in [0.3, 0.4) is 0 Å². The molecule has 0 spiro atoms. The molecule has 1 atom stereocenters. The summed E-state index contributed by atoms with van der Waals surface area (Å²) >= 11 is 0. The minimum atomic E-state index is -0.231. The van der Waals surface area contributed by atoms with Crippen molar-refractivity contribution in [3.63, 3.8) is 0 Å². The Balaban J connectivity index is 3.20. The second kappa shape index (κ2) is 9.36. The molecular formula is C9H20O5. The highest BCUT2D eigenvalue weighted by Gasteiger charge is 2.05. The van der Waals surface area contributed by atoms with Crippen LogP contribution in [-0.2, 0) is 14.2 Å². The van der Waals surface area contributed by atoms with E-state index in [0.717, 1.165) is 0 Å². The quantitative estimate of drug-likeness (QED) is 0.399. The molecule has 0 radical (unpaired) electrons. The van der Waals surface area contributed by atoms with E-state index >= 15 is 0 Å². The van der Waals surface area contributed by atoms with Gasteiger partial charge in [-0.05, 0) is 6.92 Å². The van der Waals surface area contributed by atoms with E-state index in [9.17, 15) is 0 Å². The van der Waals surface area contributed by atoms with Gasteiger partial charge in [-0.2, -0.15) is 0 Å². The standard InChI is InChI=1S/C9H20O5/c1-8(12-2)14-4-3-13-7-9(5-10)6-11/h8-11H,3-7H2,1-2H3. The van der Waals surface area contributed by atoms with Crippen molar-refractivity contribution in [2.24, 2.45) is 5.92 Å². The van der Waals surface area contributed by atoms with E-state index in [-0.39, 0.29) is 25.4 Å². The SMILES string of the molecule is COC(C)OCCOCC(CO)CO. The van der Waals surface area contributed by atoms with Crippen molar-refractivity contribution in [2.45, 2.75) is 13.2 Å². The minimum Gasteiger partial charge on any atom is -0.396 e. The number of aliphatic hydroxyl groups is 2. The summed E-state index contributed by atoms with van der Waals surface area (Å²) in [7, 11) is 1.57. The van der Waals surface area contributed by atoms with E-state index in [1.165, 1.54) is 0 Å². The summed E-state index contributed by atoms with van der Waals surface area (Å²) in [4.78, 5) is 0. The summed E-state index contributed by atoms with van der Waals surface area (Å²) < 4.78 is 15.2.